The van der Waals surface area contributed by atoms with Crippen LogP contribution in [-0.4, -0.2) is 69.5 Å². The molecular formula is C49H55N7O2. The van der Waals surface area contributed by atoms with Crippen molar-refractivity contribution in [2.75, 3.05) is 26.2 Å². The maximum absolute atomic E-state index is 14.0. The SMILES string of the molecule is CCCN[C@@H](C(=O)N1CCC[C@H]1C1=NC=C(c2ccc(-c3ccc(-c4cnc([C@@H]5CCCN5C(=O)[C@H](NCCC)c5ccccc5)[nH]4)cc3)cc2)C1)c1ccccc1. The van der Waals surface area contributed by atoms with E-state index in [0.717, 1.165) is 122 Å². The summed E-state index contributed by atoms with van der Waals surface area (Å²) in [7, 11) is 0. The first-order valence-electron chi connectivity index (χ1n) is 21.2. The number of aromatic nitrogens is 2. The molecular weight excluding hydrogens is 719 g/mol. The van der Waals surface area contributed by atoms with Crippen LogP contribution in [0.2, 0.25) is 0 Å². The van der Waals surface area contributed by atoms with Gasteiger partial charge in [-0.25, -0.2) is 4.98 Å². The average molecular weight is 774 g/mol. The second kappa shape index (κ2) is 18.3. The van der Waals surface area contributed by atoms with Gasteiger partial charge in [-0.15, -0.1) is 0 Å². The number of aliphatic imine (C=N–C) groups is 1. The molecule has 9 nitrogen and oxygen atoms in total. The lowest BCUT2D eigenvalue weighted by molar-refractivity contribution is -0.135. The molecule has 298 valence electrons. The first-order chi connectivity index (χ1) is 28.5. The lowest BCUT2D eigenvalue weighted by atomic mass is 9.96. The van der Waals surface area contributed by atoms with Gasteiger partial charge in [0.1, 0.15) is 17.9 Å². The van der Waals surface area contributed by atoms with Crippen molar-refractivity contribution in [2.24, 2.45) is 4.99 Å². The molecule has 0 bridgehead atoms. The smallest absolute Gasteiger partial charge is 0.244 e. The van der Waals surface area contributed by atoms with Gasteiger partial charge in [0, 0.05) is 31.4 Å². The van der Waals surface area contributed by atoms with Crippen molar-refractivity contribution in [1.29, 1.82) is 0 Å². The number of imidazole rings is 1. The molecule has 2 amide bonds. The number of amides is 2. The van der Waals surface area contributed by atoms with Crippen molar-refractivity contribution < 1.29 is 9.59 Å². The van der Waals surface area contributed by atoms with Gasteiger partial charge < -0.3 is 25.4 Å². The summed E-state index contributed by atoms with van der Waals surface area (Å²) < 4.78 is 0. The zero-order valence-corrected chi connectivity index (χ0v) is 33.7. The van der Waals surface area contributed by atoms with Crippen LogP contribution < -0.4 is 10.6 Å². The first-order valence-corrected chi connectivity index (χ1v) is 21.2. The van der Waals surface area contributed by atoms with E-state index < -0.39 is 0 Å². The molecule has 4 atom stereocenters. The van der Waals surface area contributed by atoms with E-state index in [-0.39, 0.29) is 36.0 Å². The van der Waals surface area contributed by atoms with E-state index in [1.54, 1.807) is 0 Å². The van der Waals surface area contributed by atoms with Crippen molar-refractivity contribution >= 4 is 23.1 Å². The predicted octanol–water partition coefficient (Wildman–Crippen LogP) is 9.07. The minimum absolute atomic E-state index is 0.0269. The van der Waals surface area contributed by atoms with Crippen molar-refractivity contribution in [3.63, 3.8) is 0 Å². The zero-order valence-electron chi connectivity index (χ0n) is 33.7. The number of H-pyrrole nitrogens is 1. The highest BCUT2D eigenvalue weighted by molar-refractivity contribution is 6.03. The molecule has 4 heterocycles. The summed E-state index contributed by atoms with van der Waals surface area (Å²) in [5, 5.41) is 6.99. The highest BCUT2D eigenvalue weighted by Gasteiger charge is 2.38. The number of rotatable bonds is 15. The van der Waals surface area contributed by atoms with Gasteiger partial charge >= 0.3 is 0 Å². The predicted molar refractivity (Wildman–Crippen MR) is 233 cm³/mol. The Labute approximate surface area is 342 Å². The lowest BCUT2D eigenvalue weighted by Crippen LogP contribution is -2.46. The summed E-state index contributed by atoms with van der Waals surface area (Å²) in [6.07, 6.45) is 10.3. The highest BCUT2D eigenvalue weighted by Crippen LogP contribution is 2.36. The molecule has 4 aromatic carbocycles. The van der Waals surface area contributed by atoms with E-state index in [4.69, 9.17) is 9.98 Å². The third-order valence-corrected chi connectivity index (χ3v) is 11.9. The van der Waals surface area contributed by atoms with Crippen LogP contribution in [0, 0.1) is 0 Å². The number of nitrogens with zero attached hydrogens (tertiary/aromatic N) is 4. The number of aromatic amines is 1. The van der Waals surface area contributed by atoms with Gasteiger partial charge in [-0.2, -0.15) is 0 Å². The summed E-state index contributed by atoms with van der Waals surface area (Å²) in [4.78, 5) is 45.3. The Morgan fingerprint density at radius 1 is 0.672 bits per heavy atom. The Hall–Kier alpha value is -5.64. The topological polar surface area (TPSA) is 106 Å². The van der Waals surface area contributed by atoms with Crippen LogP contribution in [0.4, 0.5) is 0 Å². The molecule has 0 radical (unpaired) electrons. The number of nitrogens with one attached hydrogen (secondary N) is 3. The van der Waals surface area contributed by atoms with Crippen LogP contribution in [0.3, 0.4) is 0 Å². The first kappa shape index (κ1) is 39.2. The molecule has 0 unspecified atom stereocenters. The van der Waals surface area contributed by atoms with Gasteiger partial charge in [0.2, 0.25) is 11.8 Å². The Morgan fingerprint density at radius 2 is 1.17 bits per heavy atom. The molecule has 2 saturated heterocycles. The van der Waals surface area contributed by atoms with E-state index in [1.165, 1.54) is 5.57 Å². The fourth-order valence-electron chi connectivity index (χ4n) is 8.79. The van der Waals surface area contributed by atoms with E-state index in [1.807, 2.05) is 78.0 Å². The number of carbonyl (C=O) groups excluding carboxylic acids is 2. The molecule has 3 aliphatic rings. The van der Waals surface area contributed by atoms with Crippen LogP contribution in [0.25, 0.3) is 28.0 Å². The Bertz CT molecular complexity index is 2210. The van der Waals surface area contributed by atoms with Crippen LogP contribution in [0.1, 0.15) is 99.4 Å². The van der Waals surface area contributed by atoms with Crippen molar-refractivity contribution in [1.82, 2.24) is 30.4 Å². The molecule has 1 aromatic heterocycles. The Kier molecular flexibility index (Phi) is 12.4. The number of benzene rings is 4. The van der Waals surface area contributed by atoms with Crippen LogP contribution in [0.5, 0.6) is 0 Å². The van der Waals surface area contributed by atoms with Gasteiger partial charge in [-0.3, -0.25) is 14.6 Å². The van der Waals surface area contributed by atoms with Gasteiger partial charge in [-0.1, -0.05) is 123 Å². The lowest BCUT2D eigenvalue weighted by Gasteiger charge is -2.30. The summed E-state index contributed by atoms with van der Waals surface area (Å²) in [6, 6.07) is 36.6. The fourth-order valence-corrected chi connectivity index (χ4v) is 8.79. The normalized spacial score (nSPS) is 18.9. The van der Waals surface area contributed by atoms with Crippen molar-refractivity contribution in [3.8, 4) is 22.4 Å². The van der Waals surface area contributed by atoms with Crippen molar-refractivity contribution in [2.45, 2.75) is 83.0 Å². The van der Waals surface area contributed by atoms with Crippen molar-refractivity contribution in [3.05, 3.63) is 144 Å². The zero-order chi connectivity index (χ0) is 39.8. The fraction of sp³-hybridized carbons (Fsp3) is 0.347. The summed E-state index contributed by atoms with van der Waals surface area (Å²) in [5.41, 5.74) is 9.70. The molecule has 0 spiro atoms. The van der Waals surface area contributed by atoms with Crippen LogP contribution in [0.15, 0.2) is 127 Å². The average Bonchev–Trinajstić information content (AvgIpc) is 4.12. The largest absolute Gasteiger partial charge is 0.340 e. The summed E-state index contributed by atoms with van der Waals surface area (Å²) in [6.45, 7) is 7.30. The van der Waals surface area contributed by atoms with E-state index in [2.05, 4.69) is 82.9 Å². The maximum Gasteiger partial charge on any atom is 0.244 e. The van der Waals surface area contributed by atoms with E-state index >= 15 is 0 Å². The number of allylic oxidation sites excluding steroid dienone is 1. The second-order valence-corrected chi connectivity index (χ2v) is 15.8. The molecule has 2 fully saturated rings. The summed E-state index contributed by atoms with van der Waals surface area (Å²) in [5.74, 6) is 1.08. The Balaban J connectivity index is 0.893. The number of hydrogen-bond acceptors (Lipinski definition) is 6. The standard InChI is InChI=1S/C49H55N7O2/c1-3-27-50-45(38-13-7-5-8-14-38)48(57)55-29-11-17-43(55)41-31-40(32-52-41)36-21-19-34(20-22-36)35-23-25-37(26-24-35)42-33-53-47(54-42)44-18-12-30-56(44)49(58)46(51-28-4-2)39-15-9-6-10-16-39/h5-10,13-16,19-26,32-33,43-46,50-51H,3-4,11-12,17-18,27-31H2,1-2H3,(H,53,54)/t43-,44-,45+,46+/m0/s1. The minimum Gasteiger partial charge on any atom is -0.340 e. The van der Waals surface area contributed by atoms with Gasteiger partial charge in [0.15, 0.2) is 0 Å². The van der Waals surface area contributed by atoms with Gasteiger partial charge in [-0.05, 0) is 90.6 Å². The third-order valence-electron chi connectivity index (χ3n) is 11.9. The van der Waals surface area contributed by atoms with E-state index in [9.17, 15) is 9.59 Å². The third kappa shape index (κ3) is 8.47. The molecule has 0 aliphatic carbocycles. The summed E-state index contributed by atoms with van der Waals surface area (Å²) >= 11 is 0. The van der Waals surface area contributed by atoms with E-state index in [0.29, 0.717) is 0 Å². The Morgan fingerprint density at radius 3 is 1.72 bits per heavy atom. The molecule has 58 heavy (non-hydrogen) atoms. The van der Waals surface area contributed by atoms with Gasteiger partial charge in [0.05, 0.1) is 24.0 Å². The molecule has 5 aromatic rings. The molecule has 3 N–H and O–H groups in total. The molecule has 9 heteroatoms. The van der Waals surface area contributed by atoms with Crippen LogP contribution >= 0.6 is 0 Å². The van der Waals surface area contributed by atoms with Crippen LogP contribution in [-0.2, 0) is 9.59 Å². The van der Waals surface area contributed by atoms with Gasteiger partial charge in [0.25, 0.3) is 0 Å². The molecule has 3 aliphatic heterocycles. The monoisotopic (exact) mass is 773 g/mol. The minimum atomic E-state index is -0.370. The molecule has 8 rings (SSSR count). The number of carbonyl (C=O) groups is 2. The quantitative estimate of drug-likeness (QED) is 0.0985. The second-order valence-electron chi connectivity index (χ2n) is 15.8. The number of hydrogen-bond donors (Lipinski definition) is 3. The number of likely N-dealkylation sites (tertiary alicyclic amines) is 2. The molecule has 0 saturated carbocycles. The highest BCUT2D eigenvalue weighted by atomic mass is 16.2. The maximum atomic E-state index is 14.0.